The van der Waals surface area contributed by atoms with E-state index in [0.717, 1.165) is 46.5 Å². The van der Waals surface area contributed by atoms with Crippen LogP contribution in [0, 0.1) is 0 Å². The van der Waals surface area contributed by atoms with Gasteiger partial charge in [-0.1, -0.05) is 27.7 Å². The van der Waals surface area contributed by atoms with Gasteiger partial charge in [0, 0.05) is 20.8 Å². The van der Waals surface area contributed by atoms with Crippen molar-refractivity contribution in [3.63, 3.8) is 0 Å². The van der Waals surface area contributed by atoms with Gasteiger partial charge in [0.1, 0.15) is 0 Å². The molecule has 0 bridgehead atoms. The van der Waals surface area contributed by atoms with E-state index in [-0.39, 0.29) is 0 Å². The van der Waals surface area contributed by atoms with Gasteiger partial charge in [-0.25, -0.2) is 9.13 Å². The van der Waals surface area contributed by atoms with Crippen LogP contribution in [-0.4, -0.2) is 26.4 Å². The minimum Gasteiger partial charge on any atom is -0.300 e. The molecule has 0 saturated heterocycles. The molecule has 0 rings (SSSR count). The van der Waals surface area contributed by atoms with Crippen LogP contribution in [-0.2, 0) is 27.2 Å². The lowest BCUT2D eigenvalue weighted by molar-refractivity contribution is 0.219. The van der Waals surface area contributed by atoms with Crippen LogP contribution in [0.3, 0.4) is 0 Å². The van der Waals surface area contributed by atoms with Gasteiger partial charge < -0.3 is 18.1 Å². The van der Waals surface area contributed by atoms with Crippen LogP contribution in [0.4, 0.5) is 0 Å². The highest BCUT2D eigenvalue weighted by Crippen LogP contribution is 2.74. The third-order valence-electron chi connectivity index (χ3n) is 2.09. The second-order valence-electron chi connectivity index (χ2n) is 4.51. The lowest BCUT2D eigenvalue weighted by Gasteiger charge is -2.17. The molecule has 0 spiro atoms. The van der Waals surface area contributed by atoms with Crippen molar-refractivity contribution >= 4 is 54.1 Å². The van der Waals surface area contributed by atoms with Gasteiger partial charge in [-0.15, -0.1) is 0 Å². The summed E-state index contributed by atoms with van der Waals surface area (Å²) in [5, 5.41) is 0. The summed E-state index contributed by atoms with van der Waals surface area (Å²) in [6.45, 7) is 2.88. The van der Waals surface area contributed by atoms with E-state index in [2.05, 4.69) is 0 Å². The molecule has 6 nitrogen and oxygen atoms in total. The zero-order valence-corrected chi connectivity index (χ0v) is 19.7. The molecule has 0 N–H and O–H groups in total. The Bertz CT molecular complexity index is 342. The predicted octanol–water partition coefficient (Wildman–Crippen LogP) is 7.59. The molecule has 0 amide bonds. The van der Waals surface area contributed by atoms with Gasteiger partial charge in [-0.05, 0) is 45.3 Å². The summed E-state index contributed by atoms with van der Waals surface area (Å²) in [7, 11) is 4.47. The maximum Gasteiger partial charge on any atom is 0.400 e. The summed E-state index contributed by atoms with van der Waals surface area (Å²) in [5.74, 6) is 0. The van der Waals surface area contributed by atoms with Crippen LogP contribution in [0.5, 0.6) is 0 Å². The molecular formula is C12H28O6P2S4. The zero-order chi connectivity index (χ0) is 18.3. The minimum atomic E-state index is -3.20. The Morgan fingerprint density at radius 1 is 0.583 bits per heavy atom. The van der Waals surface area contributed by atoms with Crippen LogP contribution in [0.15, 0.2) is 0 Å². The number of hydrogen-bond acceptors (Lipinski definition) is 10. The summed E-state index contributed by atoms with van der Waals surface area (Å²) in [6.07, 6.45) is 3.05. The topological polar surface area (TPSA) is 71.1 Å². The third kappa shape index (κ3) is 13.0. The molecule has 0 radical (unpaired) electrons. The minimum absolute atomic E-state index is 0.379. The highest BCUT2D eigenvalue weighted by atomic mass is 33.8. The average Bonchev–Trinajstić information content (AvgIpc) is 2.59. The summed E-state index contributed by atoms with van der Waals surface area (Å²) in [6, 6.07) is 0. The van der Waals surface area contributed by atoms with Crippen molar-refractivity contribution < 1.29 is 27.2 Å². The fourth-order valence-electron chi connectivity index (χ4n) is 1.07. The Kier molecular flexibility index (Phi) is 16.8. The van der Waals surface area contributed by atoms with Crippen LogP contribution in [0.25, 0.3) is 0 Å². The first-order valence-electron chi connectivity index (χ1n) is 7.94. The van der Waals surface area contributed by atoms with Crippen LogP contribution >= 0.6 is 54.1 Å². The van der Waals surface area contributed by atoms with Crippen molar-refractivity contribution in [2.75, 3.05) is 26.4 Å². The lowest BCUT2D eigenvalue weighted by Crippen LogP contribution is -1.95. The molecule has 24 heavy (non-hydrogen) atoms. The predicted molar refractivity (Wildman–Crippen MR) is 111 cm³/mol. The van der Waals surface area contributed by atoms with E-state index < -0.39 is 13.6 Å². The smallest absolute Gasteiger partial charge is 0.300 e. The van der Waals surface area contributed by atoms with Gasteiger partial charge in [-0.3, -0.25) is 0 Å². The molecule has 0 unspecified atom stereocenters. The van der Waals surface area contributed by atoms with Gasteiger partial charge in [0.15, 0.2) is 0 Å². The van der Waals surface area contributed by atoms with Gasteiger partial charge in [0.25, 0.3) is 0 Å². The molecule has 0 aliphatic rings. The van der Waals surface area contributed by atoms with Crippen molar-refractivity contribution in [1.29, 1.82) is 0 Å². The molecule has 0 heterocycles. The highest BCUT2D eigenvalue weighted by Gasteiger charge is 2.30. The fraction of sp³-hybridized carbons (Fsp3) is 1.00. The van der Waals surface area contributed by atoms with E-state index in [1.54, 1.807) is 0 Å². The zero-order valence-electron chi connectivity index (χ0n) is 14.6. The fourth-order valence-corrected chi connectivity index (χ4v) is 18.0. The first kappa shape index (κ1) is 25.7. The summed E-state index contributed by atoms with van der Waals surface area (Å²) >= 11 is 0. The van der Waals surface area contributed by atoms with Crippen molar-refractivity contribution in [2.45, 2.75) is 53.4 Å². The molecule has 0 aromatic carbocycles. The second-order valence-corrected chi connectivity index (χ2v) is 17.4. The normalized spacial score (nSPS) is 12.7. The monoisotopic (exact) mass is 458 g/mol. The standard InChI is InChI=1S/C12H28O6P2S4/c1-5-9-15-19(13,16-10-6-2)21-23-24-22-20(14,17-11-7-3)18-12-8-4/h5-12H2,1-4H3. The summed E-state index contributed by atoms with van der Waals surface area (Å²) in [5.41, 5.74) is 0. The first-order chi connectivity index (χ1) is 11.4. The van der Waals surface area contributed by atoms with Gasteiger partial charge in [-0.2, -0.15) is 0 Å². The Labute approximate surface area is 160 Å². The van der Waals surface area contributed by atoms with E-state index in [1.165, 1.54) is 19.7 Å². The summed E-state index contributed by atoms with van der Waals surface area (Å²) < 4.78 is 46.5. The Morgan fingerprint density at radius 3 is 1.04 bits per heavy atom. The van der Waals surface area contributed by atoms with Gasteiger partial charge >= 0.3 is 13.6 Å². The first-order valence-corrected chi connectivity index (χ1v) is 17.1. The third-order valence-corrected chi connectivity index (χ3v) is 17.2. The van der Waals surface area contributed by atoms with E-state index in [9.17, 15) is 9.13 Å². The molecule has 0 aromatic rings. The Morgan fingerprint density at radius 2 is 0.833 bits per heavy atom. The molecular weight excluding hydrogens is 430 g/mol. The molecule has 0 fully saturated rings. The number of rotatable bonds is 17. The molecule has 0 atom stereocenters. The van der Waals surface area contributed by atoms with Crippen molar-refractivity contribution in [1.82, 2.24) is 0 Å². The van der Waals surface area contributed by atoms with Crippen molar-refractivity contribution in [3.8, 4) is 0 Å². The summed E-state index contributed by atoms with van der Waals surface area (Å²) in [4.78, 5) is 0. The second kappa shape index (κ2) is 15.7. The SMILES string of the molecule is CCCOP(=O)(OCCC)SSSSP(=O)(OCCC)OCCC. The van der Waals surface area contributed by atoms with E-state index >= 15 is 0 Å². The van der Waals surface area contributed by atoms with Gasteiger partial charge in [0.2, 0.25) is 0 Å². The van der Waals surface area contributed by atoms with Gasteiger partial charge in [0.05, 0.1) is 26.4 Å². The van der Waals surface area contributed by atoms with E-state index in [1.807, 2.05) is 27.7 Å². The maximum atomic E-state index is 12.5. The number of hydrogen-bond donors (Lipinski definition) is 0. The van der Waals surface area contributed by atoms with Crippen molar-refractivity contribution in [2.24, 2.45) is 0 Å². The van der Waals surface area contributed by atoms with Crippen molar-refractivity contribution in [3.05, 3.63) is 0 Å². The molecule has 0 aliphatic carbocycles. The lowest BCUT2D eigenvalue weighted by atomic mass is 10.5. The molecule has 0 saturated carbocycles. The van der Waals surface area contributed by atoms with E-state index in [0.29, 0.717) is 26.4 Å². The van der Waals surface area contributed by atoms with Crippen LogP contribution < -0.4 is 0 Å². The molecule has 0 aliphatic heterocycles. The average molecular weight is 459 g/mol. The largest absolute Gasteiger partial charge is 0.400 e. The molecule has 0 aromatic heterocycles. The molecule has 146 valence electrons. The quantitative estimate of drug-likeness (QED) is 0.124. The maximum absolute atomic E-state index is 12.5. The highest BCUT2D eigenvalue weighted by molar-refractivity contribution is 9.36. The Balaban J connectivity index is 4.39. The van der Waals surface area contributed by atoms with Crippen LogP contribution in [0.1, 0.15) is 53.4 Å². The molecule has 12 heteroatoms. The van der Waals surface area contributed by atoms with E-state index in [4.69, 9.17) is 18.1 Å². The van der Waals surface area contributed by atoms with Crippen LogP contribution in [0.2, 0.25) is 0 Å². The Hall–Kier alpha value is 1.70.